The van der Waals surface area contributed by atoms with E-state index in [1.807, 2.05) is 0 Å². The fraction of sp³-hybridized carbons (Fsp3) is 0.457. The number of aromatic hydroxyl groups is 1. The van der Waals surface area contributed by atoms with E-state index in [4.69, 9.17) is 9.72 Å². The van der Waals surface area contributed by atoms with Crippen molar-refractivity contribution in [2.24, 2.45) is 0 Å². The number of alkyl halides is 1. The van der Waals surface area contributed by atoms with Crippen molar-refractivity contribution >= 4 is 27.5 Å². The molecule has 5 heterocycles. The van der Waals surface area contributed by atoms with Gasteiger partial charge in [0.25, 0.3) is 0 Å². The number of nitrogens with zero attached hydrogens (tertiary/aromatic N) is 5. The van der Waals surface area contributed by atoms with Crippen LogP contribution < -0.4 is 15.0 Å². The number of hydrogen-bond donors (Lipinski definition) is 2. The Labute approximate surface area is 264 Å². The molecule has 2 N–H and O–H groups in total. The van der Waals surface area contributed by atoms with Crippen LogP contribution in [0.2, 0.25) is 0 Å². The van der Waals surface area contributed by atoms with E-state index in [2.05, 4.69) is 26.2 Å². The molecule has 0 saturated carbocycles. The van der Waals surface area contributed by atoms with Gasteiger partial charge in [-0.25, -0.2) is 13.2 Å². The molecule has 46 heavy (non-hydrogen) atoms. The van der Waals surface area contributed by atoms with Crippen molar-refractivity contribution in [3.63, 3.8) is 0 Å². The number of nitriles is 1. The highest BCUT2D eigenvalue weighted by Gasteiger charge is 2.49. The van der Waals surface area contributed by atoms with E-state index in [0.717, 1.165) is 32.2 Å². The van der Waals surface area contributed by atoms with Crippen molar-refractivity contribution in [3.8, 4) is 29.0 Å². The highest BCUT2D eigenvalue weighted by Crippen LogP contribution is 2.44. The van der Waals surface area contributed by atoms with Crippen LogP contribution in [0.5, 0.6) is 11.8 Å². The molecule has 4 fully saturated rings. The lowest BCUT2D eigenvalue weighted by atomic mass is 9.89. The summed E-state index contributed by atoms with van der Waals surface area (Å²) in [5, 5.41) is 26.0. The number of anilines is 1. The Bertz CT molecular complexity index is 1920. The highest BCUT2D eigenvalue weighted by molar-refractivity contribution is 6.04. The monoisotopic (exact) mass is 628 g/mol. The quantitative estimate of drug-likeness (QED) is 0.278. The Kier molecular flexibility index (Phi) is 6.99. The number of benzene rings is 3. The maximum absolute atomic E-state index is 17.1. The number of phenolic OH excluding ortho intramolecular Hbond substituents is 1. The average Bonchev–Trinajstić information content (AvgIpc) is 3.69. The van der Waals surface area contributed by atoms with Gasteiger partial charge < -0.3 is 20.1 Å². The summed E-state index contributed by atoms with van der Waals surface area (Å²) in [4.78, 5) is 13.7. The molecular weight excluding hydrogens is 593 g/mol. The molecule has 0 aliphatic carbocycles. The van der Waals surface area contributed by atoms with Crippen molar-refractivity contribution in [2.75, 3.05) is 37.7 Å². The topological polar surface area (TPSA) is 97.5 Å². The van der Waals surface area contributed by atoms with Crippen LogP contribution in [0.4, 0.5) is 19.0 Å². The van der Waals surface area contributed by atoms with E-state index in [1.54, 1.807) is 19.1 Å². The molecule has 3 unspecified atom stereocenters. The summed E-state index contributed by atoms with van der Waals surface area (Å²) in [6.07, 6.45) is 3.59. The first-order chi connectivity index (χ1) is 22.3. The maximum atomic E-state index is 17.1. The van der Waals surface area contributed by atoms with Crippen LogP contribution in [-0.4, -0.2) is 76.6 Å². The van der Waals surface area contributed by atoms with E-state index in [9.17, 15) is 14.8 Å². The van der Waals surface area contributed by atoms with Crippen molar-refractivity contribution < 1.29 is 23.0 Å². The summed E-state index contributed by atoms with van der Waals surface area (Å²) in [6, 6.07) is 10.0. The number of halogens is 3. The molecular formula is C35H35F3N6O2. The van der Waals surface area contributed by atoms with Crippen LogP contribution >= 0.6 is 0 Å². The zero-order valence-corrected chi connectivity index (χ0v) is 25.6. The number of nitrogens with one attached hydrogen (secondary N) is 1. The van der Waals surface area contributed by atoms with Gasteiger partial charge in [0, 0.05) is 49.1 Å². The van der Waals surface area contributed by atoms with Gasteiger partial charge >= 0.3 is 6.01 Å². The van der Waals surface area contributed by atoms with Crippen LogP contribution in [0.25, 0.3) is 32.8 Å². The second kappa shape index (κ2) is 11.0. The molecule has 4 saturated heterocycles. The van der Waals surface area contributed by atoms with Gasteiger partial charge in [-0.05, 0) is 84.8 Å². The number of aromatic nitrogens is 2. The molecule has 11 heteroatoms. The number of rotatable bonds is 6. The molecule has 4 aromatic rings. The van der Waals surface area contributed by atoms with E-state index < -0.39 is 23.3 Å². The van der Waals surface area contributed by atoms with Crippen LogP contribution in [-0.2, 0) is 6.42 Å². The van der Waals surface area contributed by atoms with Crippen molar-refractivity contribution in [1.29, 1.82) is 5.26 Å². The van der Waals surface area contributed by atoms with Gasteiger partial charge in [-0.2, -0.15) is 15.2 Å². The van der Waals surface area contributed by atoms with E-state index in [-0.39, 0.29) is 52.7 Å². The zero-order chi connectivity index (χ0) is 31.7. The molecule has 8 nitrogen and oxygen atoms in total. The molecule has 8 rings (SSSR count). The van der Waals surface area contributed by atoms with E-state index in [0.29, 0.717) is 60.0 Å². The van der Waals surface area contributed by atoms with Gasteiger partial charge in [0.05, 0.1) is 17.2 Å². The van der Waals surface area contributed by atoms with Crippen molar-refractivity contribution in [3.05, 3.63) is 53.1 Å². The summed E-state index contributed by atoms with van der Waals surface area (Å²) in [6.45, 7) is 4.50. The summed E-state index contributed by atoms with van der Waals surface area (Å²) < 4.78 is 53.0. The smallest absolute Gasteiger partial charge is 0.319 e. The number of piperazine rings is 1. The zero-order valence-electron chi connectivity index (χ0n) is 25.6. The van der Waals surface area contributed by atoms with Gasteiger partial charge in [-0.3, -0.25) is 4.90 Å². The molecule has 4 aliphatic rings. The number of hydrogen-bond acceptors (Lipinski definition) is 8. The van der Waals surface area contributed by atoms with Crippen LogP contribution in [0.1, 0.15) is 50.2 Å². The second-order valence-electron chi connectivity index (χ2n) is 13.3. The molecule has 1 aromatic heterocycles. The minimum Gasteiger partial charge on any atom is -0.508 e. The number of fused-ring (bicyclic) bond motifs is 5. The van der Waals surface area contributed by atoms with E-state index in [1.165, 1.54) is 18.2 Å². The third kappa shape index (κ3) is 4.64. The van der Waals surface area contributed by atoms with Gasteiger partial charge in [0.2, 0.25) is 0 Å². The van der Waals surface area contributed by atoms with Gasteiger partial charge in [-0.1, -0.05) is 13.0 Å². The molecule has 4 atom stereocenters. The molecule has 3 aromatic carbocycles. The minimum atomic E-state index is -0.923. The Morgan fingerprint density at radius 3 is 2.70 bits per heavy atom. The number of aryl methyl sites for hydroxylation is 1. The molecule has 0 amide bonds. The third-order valence-electron chi connectivity index (χ3n) is 10.5. The lowest BCUT2D eigenvalue weighted by Gasteiger charge is -2.34. The number of ether oxygens (including phenoxy) is 1. The average molecular weight is 629 g/mol. The van der Waals surface area contributed by atoms with Gasteiger partial charge in [0.15, 0.2) is 5.82 Å². The Balaban J connectivity index is 1.32. The Morgan fingerprint density at radius 2 is 1.93 bits per heavy atom. The fourth-order valence-electron chi connectivity index (χ4n) is 8.51. The van der Waals surface area contributed by atoms with Crippen molar-refractivity contribution in [2.45, 2.75) is 69.2 Å². The van der Waals surface area contributed by atoms with Crippen LogP contribution in [0.15, 0.2) is 30.3 Å². The molecule has 238 valence electrons. The fourth-order valence-corrected chi connectivity index (χ4v) is 8.51. The highest BCUT2D eigenvalue weighted by atomic mass is 19.1. The first kappa shape index (κ1) is 29.3. The molecule has 2 bridgehead atoms. The standard InChI is InChI=1S/C35H35F3N6O2/c1-2-25-28(37)7-4-19-10-24(45)12-26(29(19)25)30-20(14-39)11-27-32(31(30)38)41-34(42-33(27)43-16-22-5-6-23(17-43)40-22)46-18-35-8-3-9-44(35)15-21(36)13-35/h4,7,10-12,21-23,40,45H,2-3,5-6,8-9,13,15-18H2,1H3/t21?,22?,23?,35-/m0/s1. The largest absolute Gasteiger partial charge is 0.508 e. The van der Waals surface area contributed by atoms with Crippen LogP contribution in [0, 0.1) is 23.0 Å². The second-order valence-corrected chi connectivity index (χ2v) is 13.3. The summed E-state index contributed by atoms with van der Waals surface area (Å²) in [5.74, 6) is -0.870. The predicted octanol–water partition coefficient (Wildman–Crippen LogP) is 5.76. The molecule has 0 radical (unpaired) electrons. The molecule has 4 aliphatic heterocycles. The Hall–Kier alpha value is -4.14. The van der Waals surface area contributed by atoms with Crippen molar-refractivity contribution in [1.82, 2.24) is 20.2 Å². The maximum Gasteiger partial charge on any atom is 0.319 e. The third-order valence-corrected chi connectivity index (χ3v) is 10.5. The first-order valence-corrected chi connectivity index (χ1v) is 16.2. The Morgan fingerprint density at radius 1 is 1.13 bits per heavy atom. The predicted molar refractivity (Wildman–Crippen MR) is 169 cm³/mol. The van der Waals surface area contributed by atoms with Crippen LogP contribution in [0.3, 0.4) is 0 Å². The SMILES string of the molecule is CCc1c(F)ccc2cc(O)cc(-c3c(C#N)cc4c(N5CC6CCC(C5)N6)nc(OC[C@@]56CCCN5CC(F)C6)nc4c3F)c12. The van der Waals surface area contributed by atoms with E-state index >= 15 is 8.78 Å². The lowest BCUT2D eigenvalue weighted by Crippen LogP contribution is -2.51. The minimum absolute atomic E-state index is 0.00692. The summed E-state index contributed by atoms with van der Waals surface area (Å²) in [7, 11) is 0. The normalized spacial score (nSPS) is 25.8. The number of phenols is 1. The molecule has 0 spiro atoms. The van der Waals surface area contributed by atoms with Gasteiger partial charge in [0.1, 0.15) is 35.7 Å². The summed E-state index contributed by atoms with van der Waals surface area (Å²) >= 11 is 0. The summed E-state index contributed by atoms with van der Waals surface area (Å²) in [5.41, 5.74) is 0.0698. The lowest BCUT2D eigenvalue weighted by molar-refractivity contribution is 0.107. The van der Waals surface area contributed by atoms with Gasteiger partial charge in [-0.15, -0.1) is 0 Å². The first-order valence-electron chi connectivity index (χ1n) is 16.2.